The number of aliphatic imine (C=N–C) groups is 1. The second kappa shape index (κ2) is 8.05. The van der Waals surface area contributed by atoms with Crippen LogP contribution in [0.5, 0.6) is 0 Å². The molecule has 126 valence electrons. The van der Waals surface area contributed by atoms with Crippen molar-refractivity contribution < 1.29 is 9.31 Å². The number of aryl methyl sites for hydroxylation is 1. The molecule has 0 aliphatic heterocycles. The Bertz CT molecular complexity index is 745. The topological polar surface area (TPSA) is 79.6 Å². The van der Waals surface area contributed by atoms with Gasteiger partial charge in [0.2, 0.25) is 0 Å². The maximum absolute atomic E-state index is 13.3. The van der Waals surface area contributed by atoms with E-state index >= 15 is 0 Å². The molecule has 6 nitrogen and oxygen atoms in total. The molecule has 0 bridgehead atoms. The predicted octanol–water partition coefficient (Wildman–Crippen LogP) is 2.91. The van der Waals surface area contributed by atoms with Crippen molar-refractivity contribution in [2.24, 2.45) is 4.99 Å². The van der Waals surface area contributed by atoms with E-state index in [1.165, 1.54) is 18.2 Å². The summed E-state index contributed by atoms with van der Waals surface area (Å²) in [5.74, 6) is 0.370. The van der Waals surface area contributed by atoms with Crippen molar-refractivity contribution in [1.82, 2.24) is 10.6 Å². The fourth-order valence-electron chi connectivity index (χ4n) is 2.14. The minimum absolute atomic E-state index is 0.0629. The Balaban J connectivity index is 1.88. The van der Waals surface area contributed by atoms with Gasteiger partial charge in [-0.3, -0.25) is 15.1 Å². The van der Waals surface area contributed by atoms with E-state index in [9.17, 15) is 14.5 Å². The number of benzene rings is 2. The lowest BCUT2D eigenvalue weighted by Gasteiger charge is -2.12. The number of nitro groups is 1. The number of nitrogens with one attached hydrogen (secondary N) is 2. The highest BCUT2D eigenvalue weighted by Gasteiger charge is 2.05. The highest BCUT2D eigenvalue weighted by Crippen LogP contribution is 2.12. The van der Waals surface area contributed by atoms with Crippen LogP contribution in [0.3, 0.4) is 0 Å². The molecule has 0 saturated carbocycles. The average molecular weight is 330 g/mol. The van der Waals surface area contributed by atoms with Gasteiger partial charge in [-0.05, 0) is 29.7 Å². The van der Waals surface area contributed by atoms with Gasteiger partial charge in [-0.2, -0.15) is 0 Å². The molecule has 2 rings (SSSR count). The second-order valence-corrected chi connectivity index (χ2v) is 5.29. The van der Waals surface area contributed by atoms with Gasteiger partial charge in [0.25, 0.3) is 5.69 Å². The Morgan fingerprint density at radius 1 is 1.12 bits per heavy atom. The molecule has 0 spiro atoms. The highest BCUT2D eigenvalue weighted by atomic mass is 19.1. The molecule has 24 heavy (non-hydrogen) atoms. The second-order valence-electron chi connectivity index (χ2n) is 5.29. The number of nitrogens with zero attached hydrogens (tertiary/aromatic N) is 2. The van der Waals surface area contributed by atoms with E-state index in [2.05, 4.69) is 15.6 Å². The number of nitro benzene ring substituents is 1. The molecule has 0 atom stereocenters. The largest absolute Gasteiger partial charge is 0.352 e. The zero-order valence-corrected chi connectivity index (χ0v) is 13.5. The maximum Gasteiger partial charge on any atom is 0.269 e. The first-order chi connectivity index (χ1) is 11.5. The van der Waals surface area contributed by atoms with Gasteiger partial charge < -0.3 is 10.6 Å². The van der Waals surface area contributed by atoms with E-state index in [1.807, 2.05) is 0 Å². The summed E-state index contributed by atoms with van der Waals surface area (Å²) >= 11 is 0. The molecular formula is C17H19FN4O2. The monoisotopic (exact) mass is 330 g/mol. The normalized spacial score (nSPS) is 11.2. The third-order valence-corrected chi connectivity index (χ3v) is 3.51. The van der Waals surface area contributed by atoms with Crippen LogP contribution in [0.25, 0.3) is 0 Å². The van der Waals surface area contributed by atoms with Crippen LogP contribution in [0.4, 0.5) is 10.1 Å². The summed E-state index contributed by atoms with van der Waals surface area (Å²) in [6, 6.07) is 11.3. The quantitative estimate of drug-likeness (QED) is 0.382. The summed E-state index contributed by atoms with van der Waals surface area (Å²) in [4.78, 5) is 14.3. The first-order valence-electron chi connectivity index (χ1n) is 7.42. The van der Waals surface area contributed by atoms with Crippen molar-refractivity contribution in [3.05, 3.63) is 75.1 Å². The van der Waals surface area contributed by atoms with Crippen LogP contribution in [0.2, 0.25) is 0 Å². The molecule has 0 aliphatic rings. The number of rotatable bonds is 5. The summed E-state index contributed by atoms with van der Waals surface area (Å²) in [7, 11) is 1.65. The van der Waals surface area contributed by atoms with Crippen LogP contribution in [0.1, 0.15) is 16.7 Å². The van der Waals surface area contributed by atoms with Crippen molar-refractivity contribution >= 4 is 11.6 Å². The molecule has 2 N–H and O–H groups in total. The Kier molecular flexibility index (Phi) is 5.83. The molecule has 0 heterocycles. The molecule has 0 radical (unpaired) electrons. The predicted molar refractivity (Wildman–Crippen MR) is 91.3 cm³/mol. The molecule has 0 aromatic heterocycles. The van der Waals surface area contributed by atoms with E-state index in [-0.39, 0.29) is 11.5 Å². The molecule has 0 fully saturated rings. The van der Waals surface area contributed by atoms with E-state index in [0.29, 0.717) is 24.6 Å². The smallest absolute Gasteiger partial charge is 0.269 e. The van der Waals surface area contributed by atoms with E-state index in [1.54, 1.807) is 38.2 Å². The van der Waals surface area contributed by atoms with Gasteiger partial charge in [0.15, 0.2) is 5.96 Å². The molecule has 2 aromatic carbocycles. The number of non-ortho nitro benzene ring substituents is 1. The third-order valence-electron chi connectivity index (χ3n) is 3.51. The Hall–Kier alpha value is -2.96. The van der Waals surface area contributed by atoms with Gasteiger partial charge >= 0.3 is 0 Å². The van der Waals surface area contributed by atoms with E-state index < -0.39 is 4.92 Å². The lowest BCUT2D eigenvalue weighted by atomic mass is 10.1. The van der Waals surface area contributed by atoms with Gasteiger partial charge in [0, 0.05) is 32.3 Å². The van der Waals surface area contributed by atoms with Crippen molar-refractivity contribution in [1.29, 1.82) is 0 Å². The van der Waals surface area contributed by atoms with Gasteiger partial charge in [0.1, 0.15) is 5.82 Å². The Labute approximate surface area is 139 Å². The van der Waals surface area contributed by atoms with Gasteiger partial charge in [-0.1, -0.05) is 24.3 Å². The van der Waals surface area contributed by atoms with Crippen molar-refractivity contribution in [2.45, 2.75) is 20.0 Å². The van der Waals surface area contributed by atoms with Crippen LogP contribution in [0, 0.1) is 22.9 Å². The van der Waals surface area contributed by atoms with Crippen LogP contribution >= 0.6 is 0 Å². The van der Waals surface area contributed by atoms with Crippen LogP contribution in [0.15, 0.2) is 47.5 Å². The summed E-state index contributed by atoms with van der Waals surface area (Å²) in [6.45, 7) is 2.72. The Morgan fingerprint density at radius 3 is 2.25 bits per heavy atom. The first-order valence-corrected chi connectivity index (χ1v) is 7.42. The van der Waals surface area contributed by atoms with Gasteiger partial charge in [-0.25, -0.2) is 4.39 Å². The van der Waals surface area contributed by atoms with Crippen LogP contribution < -0.4 is 10.6 Å². The summed E-state index contributed by atoms with van der Waals surface area (Å²) in [5, 5.41) is 16.9. The summed E-state index contributed by atoms with van der Waals surface area (Å²) in [6.07, 6.45) is 0. The molecule has 0 saturated heterocycles. The zero-order chi connectivity index (χ0) is 17.5. The highest BCUT2D eigenvalue weighted by molar-refractivity contribution is 5.79. The van der Waals surface area contributed by atoms with E-state index in [0.717, 1.165) is 11.1 Å². The van der Waals surface area contributed by atoms with Gasteiger partial charge in [-0.15, -0.1) is 0 Å². The molecule has 7 heteroatoms. The lowest BCUT2D eigenvalue weighted by Crippen LogP contribution is -2.36. The summed E-state index contributed by atoms with van der Waals surface area (Å²) < 4.78 is 13.3. The van der Waals surface area contributed by atoms with Crippen molar-refractivity contribution in [3.8, 4) is 0 Å². The van der Waals surface area contributed by atoms with Crippen LogP contribution in [-0.2, 0) is 13.1 Å². The summed E-state index contributed by atoms with van der Waals surface area (Å²) in [5.41, 5.74) is 2.52. The lowest BCUT2D eigenvalue weighted by molar-refractivity contribution is -0.384. The molecule has 0 aliphatic carbocycles. The fourth-order valence-corrected chi connectivity index (χ4v) is 2.14. The minimum atomic E-state index is -0.428. The van der Waals surface area contributed by atoms with Crippen molar-refractivity contribution in [2.75, 3.05) is 7.05 Å². The SMILES string of the molecule is CN=C(NCc1ccc([N+](=O)[O-])cc1)NCc1ccc(F)c(C)c1. The molecular weight excluding hydrogens is 311 g/mol. The number of hydrogen-bond acceptors (Lipinski definition) is 3. The van der Waals surface area contributed by atoms with Crippen LogP contribution in [-0.4, -0.2) is 17.9 Å². The van der Waals surface area contributed by atoms with E-state index in [4.69, 9.17) is 0 Å². The maximum atomic E-state index is 13.3. The fraction of sp³-hybridized carbons (Fsp3) is 0.235. The average Bonchev–Trinajstić information content (AvgIpc) is 2.58. The third kappa shape index (κ3) is 4.77. The Morgan fingerprint density at radius 2 is 1.71 bits per heavy atom. The van der Waals surface area contributed by atoms with Gasteiger partial charge in [0.05, 0.1) is 4.92 Å². The first kappa shape index (κ1) is 17.4. The number of halogens is 1. The molecule has 0 unspecified atom stereocenters. The van der Waals surface area contributed by atoms with Crippen molar-refractivity contribution in [3.63, 3.8) is 0 Å². The minimum Gasteiger partial charge on any atom is -0.352 e. The number of guanidine groups is 1. The molecule has 0 amide bonds. The zero-order valence-electron chi connectivity index (χ0n) is 13.5. The molecule has 2 aromatic rings. The standard InChI is InChI=1S/C17H19FN4O2/c1-12-9-14(5-8-16(12)18)11-21-17(19-2)20-10-13-3-6-15(7-4-13)22(23)24/h3-9H,10-11H2,1-2H3,(H2,19,20,21). The number of hydrogen-bond donors (Lipinski definition) is 2.